The van der Waals surface area contributed by atoms with Crippen molar-refractivity contribution in [2.75, 3.05) is 46.4 Å². The van der Waals surface area contributed by atoms with Gasteiger partial charge in [0.1, 0.15) is 6.10 Å². The summed E-state index contributed by atoms with van der Waals surface area (Å²) in [6, 6.07) is 0.381. The zero-order chi connectivity index (χ0) is 13.7. The van der Waals surface area contributed by atoms with Crippen molar-refractivity contribution in [2.24, 2.45) is 0 Å². The standard InChI is InChI=1S/C14H27N3O2/c1-3-7-17-8-4-12(5-9-17)16(2)14(18)13-11-15-6-10-19-13/h12-13,15H,3-11H2,1-2H3. The Labute approximate surface area is 116 Å². The van der Waals surface area contributed by atoms with Gasteiger partial charge in [0, 0.05) is 39.3 Å². The van der Waals surface area contributed by atoms with Crippen LogP contribution in [0, 0.1) is 0 Å². The lowest BCUT2D eigenvalue weighted by molar-refractivity contribution is -0.146. The highest BCUT2D eigenvalue weighted by Crippen LogP contribution is 2.17. The summed E-state index contributed by atoms with van der Waals surface area (Å²) in [6.45, 7) is 7.76. The van der Waals surface area contributed by atoms with Crippen LogP contribution < -0.4 is 5.32 Å². The van der Waals surface area contributed by atoms with Crippen LogP contribution in [-0.2, 0) is 9.53 Å². The number of nitrogens with zero attached hydrogens (tertiary/aromatic N) is 2. The molecule has 1 amide bonds. The summed E-state index contributed by atoms with van der Waals surface area (Å²) in [4.78, 5) is 16.8. The fourth-order valence-corrected chi connectivity index (χ4v) is 2.98. The maximum atomic E-state index is 12.4. The minimum absolute atomic E-state index is 0.140. The largest absolute Gasteiger partial charge is 0.366 e. The number of carbonyl (C=O) groups excluding carboxylic acids is 1. The second-order valence-corrected chi connectivity index (χ2v) is 5.59. The van der Waals surface area contributed by atoms with E-state index in [9.17, 15) is 4.79 Å². The van der Waals surface area contributed by atoms with E-state index in [1.165, 1.54) is 13.0 Å². The molecule has 2 heterocycles. The number of piperidine rings is 1. The van der Waals surface area contributed by atoms with E-state index in [1.54, 1.807) is 0 Å². The highest BCUT2D eigenvalue weighted by atomic mass is 16.5. The van der Waals surface area contributed by atoms with Gasteiger partial charge in [0.2, 0.25) is 0 Å². The summed E-state index contributed by atoms with van der Waals surface area (Å²) < 4.78 is 5.55. The first-order chi connectivity index (χ1) is 9.22. The second kappa shape index (κ2) is 7.22. The molecule has 5 heteroatoms. The molecule has 1 unspecified atom stereocenters. The summed E-state index contributed by atoms with van der Waals surface area (Å²) in [5, 5.41) is 3.22. The highest BCUT2D eigenvalue weighted by Gasteiger charge is 2.30. The van der Waals surface area contributed by atoms with Gasteiger partial charge in [-0.05, 0) is 25.8 Å². The third-order valence-corrected chi connectivity index (χ3v) is 4.20. The number of ether oxygens (including phenoxy) is 1. The highest BCUT2D eigenvalue weighted by molar-refractivity contribution is 5.81. The number of amides is 1. The van der Waals surface area contributed by atoms with Crippen LogP contribution in [0.2, 0.25) is 0 Å². The Morgan fingerprint density at radius 3 is 2.74 bits per heavy atom. The lowest BCUT2D eigenvalue weighted by Crippen LogP contribution is -2.53. The molecular formula is C14H27N3O2. The van der Waals surface area contributed by atoms with Crippen molar-refractivity contribution in [2.45, 2.75) is 38.3 Å². The van der Waals surface area contributed by atoms with Gasteiger partial charge in [0.15, 0.2) is 0 Å². The minimum Gasteiger partial charge on any atom is -0.366 e. The molecule has 0 aromatic carbocycles. The van der Waals surface area contributed by atoms with E-state index in [2.05, 4.69) is 17.1 Å². The molecular weight excluding hydrogens is 242 g/mol. The van der Waals surface area contributed by atoms with Gasteiger partial charge in [-0.3, -0.25) is 4.79 Å². The molecule has 2 rings (SSSR count). The molecule has 1 atom stereocenters. The number of carbonyl (C=O) groups is 1. The van der Waals surface area contributed by atoms with Crippen LogP contribution in [0.15, 0.2) is 0 Å². The molecule has 0 aliphatic carbocycles. The first-order valence-electron chi connectivity index (χ1n) is 7.53. The summed E-state index contributed by atoms with van der Waals surface area (Å²) in [7, 11) is 1.93. The van der Waals surface area contributed by atoms with Crippen LogP contribution >= 0.6 is 0 Å². The van der Waals surface area contributed by atoms with Crippen molar-refractivity contribution in [1.82, 2.24) is 15.1 Å². The predicted molar refractivity (Wildman–Crippen MR) is 75.1 cm³/mol. The van der Waals surface area contributed by atoms with E-state index in [4.69, 9.17) is 4.74 Å². The molecule has 0 aromatic rings. The smallest absolute Gasteiger partial charge is 0.253 e. The number of hydrogen-bond donors (Lipinski definition) is 1. The summed E-state index contributed by atoms with van der Waals surface area (Å²) in [5.41, 5.74) is 0. The summed E-state index contributed by atoms with van der Waals surface area (Å²) in [6.07, 6.45) is 3.10. The molecule has 0 spiro atoms. The first kappa shape index (κ1) is 14.8. The fraction of sp³-hybridized carbons (Fsp3) is 0.929. The zero-order valence-electron chi connectivity index (χ0n) is 12.2. The molecule has 0 aromatic heterocycles. The van der Waals surface area contributed by atoms with Crippen LogP contribution in [0.1, 0.15) is 26.2 Å². The van der Waals surface area contributed by atoms with Crippen LogP contribution in [0.5, 0.6) is 0 Å². The normalized spacial score (nSPS) is 26.3. The maximum Gasteiger partial charge on any atom is 0.253 e. The van der Waals surface area contributed by atoms with Crippen molar-refractivity contribution in [3.05, 3.63) is 0 Å². The maximum absolute atomic E-state index is 12.4. The van der Waals surface area contributed by atoms with Crippen molar-refractivity contribution in [3.63, 3.8) is 0 Å². The van der Waals surface area contributed by atoms with Gasteiger partial charge in [-0.15, -0.1) is 0 Å². The van der Waals surface area contributed by atoms with Crippen molar-refractivity contribution < 1.29 is 9.53 Å². The van der Waals surface area contributed by atoms with Gasteiger partial charge in [-0.2, -0.15) is 0 Å². The number of likely N-dealkylation sites (N-methyl/N-ethyl adjacent to an activating group) is 1. The van der Waals surface area contributed by atoms with Gasteiger partial charge in [0.05, 0.1) is 6.61 Å². The number of likely N-dealkylation sites (tertiary alicyclic amines) is 1. The lowest BCUT2D eigenvalue weighted by atomic mass is 10.0. The van der Waals surface area contributed by atoms with Gasteiger partial charge >= 0.3 is 0 Å². The van der Waals surface area contributed by atoms with E-state index in [0.717, 1.165) is 32.5 Å². The van der Waals surface area contributed by atoms with Crippen LogP contribution in [0.3, 0.4) is 0 Å². The predicted octanol–water partition coefficient (Wildman–Crippen LogP) is 0.308. The average Bonchev–Trinajstić information content (AvgIpc) is 2.48. The van der Waals surface area contributed by atoms with Gasteiger partial charge in [-0.1, -0.05) is 6.92 Å². The van der Waals surface area contributed by atoms with Crippen molar-refractivity contribution >= 4 is 5.91 Å². The molecule has 0 radical (unpaired) electrons. The number of nitrogens with one attached hydrogen (secondary N) is 1. The monoisotopic (exact) mass is 269 g/mol. The molecule has 0 saturated carbocycles. The molecule has 1 N–H and O–H groups in total. The first-order valence-corrected chi connectivity index (χ1v) is 7.53. The average molecular weight is 269 g/mol. The third kappa shape index (κ3) is 3.91. The van der Waals surface area contributed by atoms with Gasteiger partial charge in [-0.25, -0.2) is 0 Å². The lowest BCUT2D eigenvalue weighted by Gasteiger charge is -2.38. The fourth-order valence-electron chi connectivity index (χ4n) is 2.98. The van der Waals surface area contributed by atoms with E-state index in [-0.39, 0.29) is 12.0 Å². The second-order valence-electron chi connectivity index (χ2n) is 5.59. The van der Waals surface area contributed by atoms with E-state index < -0.39 is 0 Å². The number of rotatable bonds is 4. The van der Waals surface area contributed by atoms with Crippen LogP contribution in [0.25, 0.3) is 0 Å². The Bertz CT molecular complexity index is 284. The molecule has 2 saturated heterocycles. The van der Waals surface area contributed by atoms with E-state index in [1.807, 2.05) is 11.9 Å². The van der Waals surface area contributed by atoms with Crippen LogP contribution in [-0.4, -0.2) is 74.2 Å². The van der Waals surface area contributed by atoms with E-state index >= 15 is 0 Å². The van der Waals surface area contributed by atoms with Crippen LogP contribution in [0.4, 0.5) is 0 Å². The molecule has 2 fully saturated rings. The molecule has 5 nitrogen and oxygen atoms in total. The molecule has 2 aliphatic rings. The Morgan fingerprint density at radius 2 is 2.16 bits per heavy atom. The Kier molecular flexibility index (Phi) is 5.60. The minimum atomic E-state index is -0.285. The Balaban J connectivity index is 1.79. The Hall–Kier alpha value is -0.650. The number of morpholine rings is 1. The molecule has 110 valence electrons. The molecule has 19 heavy (non-hydrogen) atoms. The quantitative estimate of drug-likeness (QED) is 0.798. The number of hydrogen-bond acceptors (Lipinski definition) is 4. The van der Waals surface area contributed by atoms with Crippen molar-refractivity contribution in [3.8, 4) is 0 Å². The van der Waals surface area contributed by atoms with Gasteiger partial charge in [0.25, 0.3) is 5.91 Å². The molecule has 2 aliphatic heterocycles. The zero-order valence-corrected chi connectivity index (χ0v) is 12.2. The SMILES string of the molecule is CCCN1CCC(N(C)C(=O)C2CNCCO2)CC1. The summed E-state index contributed by atoms with van der Waals surface area (Å²) in [5.74, 6) is 0.140. The van der Waals surface area contributed by atoms with Gasteiger partial charge < -0.3 is 19.9 Å². The Morgan fingerprint density at radius 1 is 1.42 bits per heavy atom. The van der Waals surface area contributed by atoms with Crippen molar-refractivity contribution in [1.29, 1.82) is 0 Å². The summed E-state index contributed by atoms with van der Waals surface area (Å²) >= 11 is 0. The third-order valence-electron chi connectivity index (χ3n) is 4.20. The topological polar surface area (TPSA) is 44.8 Å². The molecule has 0 bridgehead atoms. The van der Waals surface area contributed by atoms with E-state index in [0.29, 0.717) is 19.2 Å².